The van der Waals surface area contributed by atoms with Gasteiger partial charge in [0.15, 0.2) is 5.78 Å². The molecule has 16 heavy (non-hydrogen) atoms. The van der Waals surface area contributed by atoms with Crippen molar-refractivity contribution in [3.8, 4) is 0 Å². The molecule has 2 rings (SSSR count). The first-order valence-corrected chi connectivity index (χ1v) is 7.75. The van der Waals surface area contributed by atoms with Gasteiger partial charge in [-0.15, -0.1) is 11.3 Å². The zero-order valence-corrected chi connectivity index (χ0v) is 11.8. The third kappa shape index (κ3) is 1.98. The van der Waals surface area contributed by atoms with E-state index in [-0.39, 0.29) is 11.2 Å². The Morgan fingerprint density at radius 2 is 2.00 bits per heavy atom. The van der Waals surface area contributed by atoms with E-state index in [9.17, 15) is 9.00 Å². The lowest BCUT2D eigenvalue weighted by Crippen LogP contribution is -2.26. The fourth-order valence-corrected chi connectivity index (χ4v) is 4.70. The fourth-order valence-electron chi connectivity index (χ4n) is 2.12. The van der Waals surface area contributed by atoms with Gasteiger partial charge in [-0.2, -0.15) is 0 Å². The predicted octanol–water partition coefficient (Wildman–Crippen LogP) is 3.29. The van der Waals surface area contributed by atoms with Crippen molar-refractivity contribution in [1.29, 1.82) is 0 Å². The van der Waals surface area contributed by atoms with E-state index in [1.165, 1.54) is 11.3 Å². The third-order valence-electron chi connectivity index (χ3n) is 2.76. The molecule has 0 N–H and O–H groups in total. The van der Waals surface area contributed by atoms with Crippen LogP contribution in [0.4, 0.5) is 0 Å². The number of Topliss-reactive ketones (excluding diaryl/α,β-unsaturated/α-hetero) is 1. The van der Waals surface area contributed by atoms with Gasteiger partial charge in [-0.1, -0.05) is 25.4 Å². The lowest BCUT2D eigenvalue weighted by atomic mass is 9.75. The Morgan fingerprint density at radius 3 is 2.56 bits per heavy atom. The molecular weight excluding hydrogens is 264 g/mol. The highest BCUT2D eigenvalue weighted by Crippen LogP contribution is 2.44. The first-order chi connectivity index (χ1) is 7.32. The summed E-state index contributed by atoms with van der Waals surface area (Å²) in [6, 6.07) is 0. The third-order valence-corrected chi connectivity index (χ3v) is 5.71. The Bertz CT molecular complexity index is 488. The van der Waals surface area contributed by atoms with Crippen LogP contribution in [0.15, 0.2) is 4.21 Å². The van der Waals surface area contributed by atoms with Crippen LogP contribution < -0.4 is 0 Å². The molecule has 0 spiro atoms. The van der Waals surface area contributed by atoms with Gasteiger partial charge >= 0.3 is 0 Å². The van der Waals surface area contributed by atoms with Gasteiger partial charge in [0, 0.05) is 18.2 Å². The summed E-state index contributed by atoms with van der Waals surface area (Å²) < 4.78 is 12.8. The lowest BCUT2D eigenvalue weighted by Gasteiger charge is -2.28. The Morgan fingerprint density at radius 1 is 1.38 bits per heavy atom. The summed E-state index contributed by atoms with van der Waals surface area (Å²) in [5, 5.41) is 0. The Labute approximate surface area is 106 Å². The second-order valence-corrected chi connectivity index (χ2v) is 8.11. The van der Waals surface area contributed by atoms with Gasteiger partial charge in [0.1, 0.15) is 4.21 Å². The molecule has 5 heteroatoms. The van der Waals surface area contributed by atoms with Crippen LogP contribution in [0, 0.1) is 5.41 Å². The SMILES string of the molecule is CS(=O)c1sc(Cl)c2c1C(=O)CC(C)(C)C2. The number of hydrogen-bond donors (Lipinski definition) is 0. The molecule has 0 saturated heterocycles. The number of rotatable bonds is 1. The molecule has 1 aromatic rings. The molecule has 0 aliphatic heterocycles. The molecule has 0 saturated carbocycles. The summed E-state index contributed by atoms with van der Waals surface area (Å²) in [5.74, 6) is 0.0830. The molecular formula is C11H13ClO2S2. The van der Waals surface area contributed by atoms with Crippen molar-refractivity contribution in [2.45, 2.75) is 30.9 Å². The van der Waals surface area contributed by atoms with Gasteiger partial charge in [-0.3, -0.25) is 9.00 Å². The van der Waals surface area contributed by atoms with Gasteiger partial charge < -0.3 is 0 Å². The molecule has 0 bridgehead atoms. The minimum Gasteiger partial charge on any atom is -0.294 e. The van der Waals surface area contributed by atoms with E-state index in [4.69, 9.17) is 11.6 Å². The zero-order chi connectivity index (χ0) is 12.1. The lowest BCUT2D eigenvalue weighted by molar-refractivity contribution is 0.0910. The molecule has 1 unspecified atom stereocenters. The van der Waals surface area contributed by atoms with Crippen LogP contribution in [-0.2, 0) is 17.2 Å². The summed E-state index contributed by atoms with van der Waals surface area (Å²) in [6.45, 7) is 4.12. The Hall–Kier alpha value is -0.190. The number of thiophene rings is 1. The van der Waals surface area contributed by atoms with E-state index in [1.54, 1.807) is 6.26 Å². The summed E-state index contributed by atoms with van der Waals surface area (Å²) in [7, 11) is -1.13. The maximum absolute atomic E-state index is 12.1. The maximum Gasteiger partial charge on any atom is 0.165 e. The normalized spacial score (nSPS) is 20.6. The average molecular weight is 277 g/mol. The number of ketones is 1. The van der Waals surface area contributed by atoms with Gasteiger partial charge in [0.05, 0.1) is 15.1 Å². The van der Waals surface area contributed by atoms with Crippen LogP contribution in [0.5, 0.6) is 0 Å². The van der Waals surface area contributed by atoms with Gasteiger partial charge in [0.25, 0.3) is 0 Å². The van der Waals surface area contributed by atoms with E-state index >= 15 is 0 Å². The van der Waals surface area contributed by atoms with E-state index < -0.39 is 10.8 Å². The van der Waals surface area contributed by atoms with Crippen LogP contribution >= 0.6 is 22.9 Å². The van der Waals surface area contributed by atoms with Crippen LogP contribution in [0.2, 0.25) is 4.34 Å². The smallest absolute Gasteiger partial charge is 0.165 e. The largest absolute Gasteiger partial charge is 0.294 e. The topological polar surface area (TPSA) is 34.1 Å². The van der Waals surface area contributed by atoms with E-state index in [0.29, 0.717) is 20.5 Å². The fraction of sp³-hybridized carbons (Fsp3) is 0.545. The van der Waals surface area contributed by atoms with Crippen molar-refractivity contribution in [1.82, 2.24) is 0 Å². The summed E-state index contributed by atoms with van der Waals surface area (Å²) >= 11 is 7.42. The average Bonchev–Trinajstić information content (AvgIpc) is 2.42. The van der Waals surface area contributed by atoms with Gasteiger partial charge in [-0.05, 0) is 17.4 Å². The first-order valence-electron chi connectivity index (χ1n) is 4.99. The number of hydrogen-bond acceptors (Lipinski definition) is 3. The quantitative estimate of drug-likeness (QED) is 0.789. The highest BCUT2D eigenvalue weighted by Gasteiger charge is 2.36. The summed E-state index contributed by atoms with van der Waals surface area (Å²) in [5.41, 5.74) is 1.50. The Balaban J connectivity index is 2.62. The van der Waals surface area contributed by atoms with Crippen LogP contribution in [0.1, 0.15) is 36.2 Å². The predicted molar refractivity (Wildman–Crippen MR) is 68.1 cm³/mol. The van der Waals surface area contributed by atoms with Crippen LogP contribution in [0.3, 0.4) is 0 Å². The second-order valence-electron chi connectivity index (χ2n) is 4.91. The highest BCUT2D eigenvalue weighted by atomic mass is 35.5. The van der Waals surface area contributed by atoms with Crippen molar-refractivity contribution in [2.24, 2.45) is 5.41 Å². The standard InChI is InChI=1S/C11H13ClO2S2/c1-11(2)4-6-8(7(13)5-11)10(16(3)14)15-9(6)12/h4-5H2,1-3H3. The van der Waals surface area contributed by atoms with Crippen LogP contribution in [0.25, 0.3) is 0 Å². The summed E-state index contributed by atoms with van der Waals surface area (Å²) in [6.07, 6.45) is 2.90. The molecule has 1 aromatic heterocycles. The van der Waals surface area contributed by atoms with E-state index in [0.717, 1.165) is 12.0 Å². The van der Waals surface area contributed by atoms with E-state index in [2.05, 4.69) is 13.8 Å². The molecule has 88 valence electrons. The van der Waals surface area contributed by atoms with Gasteiger partial charge in [-0.25, -0.2) is 0 Å². The molecule has 2 nitrogen and oxygen atoms in total. The second kappa shape index (κ2) is 3.93. The van der Waals surface area contributed by atoms with Crippen molar-refractivity contribution in [3.05, 3.63) is 15.5 Å². The molecule has 0 amide bonds. The monoisotopic (exact) mass is 276 g/mol. The maximum atomic E-state index is 12.1. The van der Waals surface area contributed by atoms with Crippen molar-refractivity contribution in [3.63, 3.8) is 0 Å². The molecule has 0 aromatic carbocycles. The zero-order valence-electron chi connectivity index (χ0n) is 9.43. The number of halogens is 1. The minimum absolute atomic E-state index is 0.0404. The van der Waals surface area contributed by atoms with Crippen LogP contribution in [-0.4, -0.2) is 16.2 Å². The minimum atomic E-state index is -1.13. The number of fused-ring (bicyclic) bond motifs is 1. The molecule has 0 radical (unpaired) electrons. The highest BCUT2D eigenvalue weighted by molar-refractivity contribution is 7.86. The van der Waals surface area contributed by atoms with Crippen molar-refractivity contribution < 1.29 is 9.00 Å². The molecule has 1 atom stereocenters. The molecule has 1 heterocycles. The van der Waals surface area contributed by atoms with Crippen molar-refractivity contribution >= 4 is 39.5 Å². The number of carbonyl (C=O) groups is 1. The molecule has 1 aliphatic rings. The molecule has 1 aliphatic carbocycles. The van der Waals surface area contributed by atoms with E-state index in [1.807, 2.05) is 0 Å². The Kier molecular flexibility index (Phi) is 3.01. The van der Waals surface area contributed by atoms with Crippen molar-refractivity contribution in [2.75, 3.05) is 6.26 Å². The summed E-state index contributed by atoms with van der Waals surface area (Å²) in [4.78, 5) is 12.1. The van der Waals surface area contributed by atoms with Gasteiger partial charge in [0.2, 0.25) is 0 Å². The first kappa shape index (κ1) is 12.3. The molecule has 0 fully saturated rings. The number of carbonyl (C=O) groups excluding carboxylic acids is 1.